The molecule has 0 saturated carbocycles. The number of hydrogen-bond donors (Lipinski definition) is 1. The van der Waals surface area contributed by atoms with Gasteiger partial charge >= 0.3 is 0 Å². The molecule has 3 nitrogen and oxygen atoms in total. The van der Waals surface area contributed by atoms with Crippen molar-refractivity contribution in [3.63, 3.8) is 0 Å². The van der Waals surface area contributed by atoms with Crippen LogP contribution >= 0.6 is 0 Å². The molecule has 3 heteroatoms. The van der Waals surface area contributed by atoms with Crippen molar-refractivity contribution in [3.8, 4) is 0 Å². The second-order valence-electron chi connectivity index (χ2n) is 3.94. The average molecular weight is 186 g/mol. The first kappa shape index (κ1) is 10.7. The first-order valence-corrected chi connectivity index (χ1v) is 4.94. The van der Waals surface area contributed by atoms with E-state index < -0.39 is 6.10 Å². The Balaban J connectivity index is 2.31. The van der Waals surface area contributed by atoms with Crippen LogP contribution in [-0.2, 0) is 9.53 Å². The Morgan fingerprint density at radius 3 is 2.77 bits per heavy atom. The lowest BCUT2D eigenvalue weighted by molar-refractivity contribution is -0.131. The summed E-state index contributed by atoms with van der Waals surface area (Å²) in [6, 6.07) is 0. The summed E-state index contributed by atoms with van der Waals surface area (Å²) in [6.45, 7) is 4.38. The van der Waals surface area contributed by atoms with Gasteiger partial charge in [0, 0.05) is 18.9 Å². The van der Waals surface area contributed by atoms with E-state index in [1.807, 2.05) is 0 Å². The van der Waals surface area contributed by atoms with Crippen LogP contribution in [-0.4, -0.2) is 29.7 Å². The summed E-state index contributed by atoms with van der Waals surface area (Å²) in [7, 11) is 0. The number of carbonyl (C=O) groups excluding carboxylic acids is 1. The molecule has 1 rings (SSSR count). The smallest absolute Gasteiger partial charge is 0.163 e. The Morgan fingerprint density at radius 2 is 2.31 bits per heavy atom. The average Bonchev–Trinajstić information content (AvgIpc) is 2.55. The molecule has 13 heavy (non-hydrogen) atoms. The van der Waals surface area contributed by atoms with Crippen LogP contribution in [0.5, 0.6) is 0 Å². The third kappa shape index (κ3) is 3.08. The summed E-state index contributed by atoms with van der Waals surface area (Å²) in [4.78, 5) is 11.3. The lowest BCUT2D eigenvalue weighted by Gasteiger charge is -2.15. The first-order valence-electron chi connectivity index (χ1n) is 4.94. The maximum atomic E-state index is 11.3. The van der Waals surface area contributed by atoms with Crippen LogP contribution in [0.1, 0.15) is 33.1 Å². The van der Waals surface area contributed by atoms with E-state index in [0.717, 1.165) is 19.4 Å². The highest BCUT2D eigenvalue weighted by atomic mass is 16.5. The van der Waals surface area contributed by atoms with Crippen molar-refractivity contribution in [1.82, 2.24) is 0 Å². The molecule has 1 fully saturated rings. The number of hydrogen-bond acceptors (Lipinski definition) is 3. The van der Waals surface area contributed by atoms with E-state index in [-0.39, 0.29) is 17.8 Å². The van der Waals surface area contributed by atoms with Crippen molar-refractivity contribution in [3.05, 3.63) is 0 Å². The Morgan fingerprint density at radius 1 is 1.62 bits per heavy atom. The fourth-order valence-corrected chi connectivity index (χ4v) is 1.58. The number of Topliss-reactive ketones (excluding diaryl/α,β-unsaturated/α-hetero) is 1. The van der Waals surface area contributed by atoms with E-state index in [9.17, 15) is 9.90 Å². The normalized spacial score (nSPS) is 25.1. The van der Waals surface area contributed by atoms with Crippen molar-refractivity contribution in [1.29, 1.82) is 0 Å². The van der Waals surface area contributed by atoms with E-state index in [2.05, 4.69) is 0 Å². The Kier molecular flexibility index (Phi) is 3.88. The van der Waals surface area contributed by atoms with Crippen LogP contribution in [0.25, 0.3) is 0 Å². The second kappa shape index (κ2) is 4.72. The predicted molar refractivity (Wildman–Crippen MR) is 49.4 cm³/mol. The molecule has 0 bridgehead atoms. The summed E-state index contributed by atoms with van der Waals surface area (Å²) in [6.07, 6.45) is 1.76. The largest absolute Gasteiger partial charge is 0.385 e. The van der Waals surface area contributed by atoms with E-state index >= 15 is 0 Å². The number of rotatable bonds is 4. The SMILES string of the molecule is CC(C)C(=O)C(O)CC1CCCO1. The van der Waals surface area contributed by atoms with Gasteiger partial charge in [-0.3, -0.25) is 4.79 Å². The molecule has 1 saturated heterocycles. The molecule has 0 amide bonds. The Bertz CT molecular complexity index is 171. The predicted octanol–water partition coefficient (Wildman–Crippen LogP) is 1.14. The highest BCUT2D eigenvalue weighted by molar-refractivity contribution is 5.84. The molecule has 2 atom stereocenters. The summed E-state index contributed by atoms with van der Waals surface area (Å²) in [5.41, 5.74) is 0. The molecule has 0 spiro atoms. The molecule has 0 radical (unpaired) electrons. The number of ether oxygens (including phenoxy) is 1. The molecule has 2 unspecified atom stereocenters. The molecule has 0 aromatic rings. The summed E-state index contributed by atoms with van der Waals surface area (Å²) in [5.74, 6) is -0.160. The number of ketones is 1. The molecular weight excluding hydrogens is 168 g/mol. The fourth-order valence-electron chi connectivity index (χ4n) is 1.58. The third-order valence-corrected chi connectivity index (χ3v) is 2.41. The zero-order valence-corrected chi connectivity index (χ0v) is 8.32. The molecule has 0 aromatic carbocycles. The first-order chi connectivity index (χ1) is 6.11. The molecule has 1 aliphatic heterocycles. The number of aliphatic hydroxyl groups excluding tert-OH is 1. The van der Waals surface area contributed by atoms with Gasteiger partial charge in [0.25, 0.3) is 0 Å². The minimum Gasteiger partial charge on any atom is -0.385 e. The standard InChI is InChI=1S/C10H18O3/c1-7(2)10(12)9(11)6-8-4-3-5-13-8/h7-9,11H,3-6H2,1-2H3. The van der Waals surface area contributed by atoms with Crippen LogP contribution in [0.3, 0.4) is 0 Å². The summed E-state index contributed by atoms with van der Waals surface area (Å²) in [5, 5.41) is 9.52. The highest BCUT2D eigenvalue weighted by Gasteiger charge is 2.25. The van der Waals surface area contributed by atoms with Gasteiger partial charge in [0.2, 0.25) is 0 Å². The van der Waals surface area contributed by atoms with Crippen molar-refractivity contribution in [2.24, 2.45) is 5.92 Å². The Hall–Kier alpha value is -0.410. The van der Waals surface area contributed by atoms with Crippen LogP contribution in [0.4, 0.5) is 0 Å². The van der Waals surface area contributed by atoms with E-state index in [0.29, 0.717) is 6.42 Å². The molecule has 76 valence electrons. The maximum absolute atomic E-state index is 11.3. The minimum atomic E-state index is -0.830. The third-order valence-electron chi connectivity index (χ3n) is 2.41. The molecule has 0 aromatic heterocycles. The van der Waals surface area contributed by atoms with Crippen LogP contribution < -0.4 is 0 Å². The van der Waals surface area contributed by atoms with Crippen LogP contribution in [0.15, 0.2) is 0 Å². The maximum Gasteiger partial charge on any atom is 0.163 e. The van der Waals surface area contributed by atoms with Gasteiger partial charge in [-0.1, -0.05) is 13.8 Å². The van der Waals surface area contributed by atoms with Gasteiger partial charge in [0.1, 0.15) is 6.10 Å². The second-order valence-corrected chi connectivity index (χ2v) is 3.94. The van der Waals surface area contributed by atoms with Gasteiger partial charge in [-0.05, 0) is 12.8 Å². The summed E-state index contributed by atoms with van der Waals surface area (Å²) < 4.78 is 5.34. The highest BCUT2D eigenvalue weighted by Crippen LogP contribution is 2.18. The molecular formula is C10H18O3. The Labute approximate surface area is 79.1 Å². The number of aliphatic hydroxyl groups is 1. The lowest BCUT2D eigenvalue weighted by atomic mass is 9.99. The van der Waals surface area contributed by atoms with E-state index in [1.165, 1.54) is 0 Å². The van der Waals surface area contributed by atoms with Gasteiger partial charge in [-0.15, -0.1) is 0 Å². The van der Waals surface area contributed by atoms with E-state index in [1.54, 1.807) is 13.8 Å². The number of carbonyl (C=O) groups is 1. The fraction of sp³-hybridized carbons (Fsp3) is 0.900. The van der Waals surface area contributed by atoms with Crippen molar-refractivity contribution < 1.29 is 14.6 Å². The zero-order valence-electron chi connectivity index (χ0n) is 8.32. The van der Waals surface area contributed by atoms with Gasteiger partial charge in [-0.25, -0.2) is 0 Å². The van der Waals surface area contributed by atoms with E-state index in [4.69, 9.17) is 4.74 Å². The van der Waals surface area contributed by atoms with Gasteiger partial charge in [-0.2, -0.15) is 0 Å². The zero-order chi connectivity index (χ0) is 9.84. The van der Waals surface area contributed by atoms with Crippen molar-refractivity contribution >= 4 is 5.78 Å². The lowest BCUT2D eigenvalue weighted by Crippen LogP contribution is -2.29. The molecule has 1 heterocycles. The van der Waals surface area contributed by atoms with Gasteiger partial charge < -0.3 is 9.84 Å². The van der Waals surface area contributed by atoms with Crippen LogP contribution in [0, 0.1) is 5.92 Å². The van der Waals surface area contributed by atoms with Crippen LogP contribution in [0.2, 0.25) is 0 Å². The molecule has 1 aliphatic rings. The van der Waals surface area contributed by atoms with Crippen molar-refractivity contribution in [2.45, 2.75) is 45.3 Å². The quantitative estimate of drug-likeness (QED) is 0.716. The molecule has 0 aliphatic carbocycles. The summed E-state index contributed by atoms with van der Waals surface area (Å²) >= 11 is 0. The van der Waals surface area contributed by atoms with Gasteiger partial charge in [0.15, 0.2) is 5.78 Å². The topological polar surface area (TPSA) is 46.5 Å². The van der Waals surface area contributed by atoms with Crippen molar-refractivity contribution in [2.75, 3.05) is 6.61 Å². The monoisotopic (exact) mass is 186 g/mol. The van der Waals surface area contributed by atoms with Gasteiger partial charge in [0.05, 0.1) is 6.10 Å². The minimum absolute atomic E-state index is 0.0736. The molecule has 1 N–H and O–H groups in total.